The van der Waals surface area contributed by atoms with Crippen molar-refractivity contribution in [2.75, 3.05) is 7.11 Å². The first-order valence-electron chi connectivity index (χ1n) is 8.92. The second-order valence-electron chi connectivity index (χ2n) is 6.47. The molecular formula is C21H14Cl2N2O6. The molecule has 1 saturated heterocycles. The number of hydrogen-bond donors (Lipinski definition) is 1. The van der Waals surface area contributed by atoms with Crippen molar-refractivity contribution in [1.82, 2.24) is 10.2 Å². The zero-order chi connectivity index (χ0) is 22.1. The van der Waals surface area contributed by atoms with Gasteiger partial charge in [0.1, 0.15) is 23.0 Å². The third kappa shape index (κ3) is 4.21. The highest BCUT2D eigenvalue weighted by atomic mass is 35.5. The van der Waals surface area contributed by atoms with Crippen LogP contribution in [0.2, 0.25) is 10.0 Å². The molecule has 1 aliphatic rings. The van der Waals surface area contributed by atoms with Crippen LogP contribution in [0.1, 0.15) is 22.1 Å². The molecule has 1 aliphatic heterocycles. The highest BCUT2D eigenvalue weighted by molar-refractivity contribution is 6.42. The second-order valence-corrected chi connectivity index (χ2v) is 7.28. The lowest BCUT2D eigenvalue weighted by molar-refractivity contribution is -0.123. The van der Waals surface area contributed by atoms with Gasteiger partial charge in [-0.2, -0.15) is 0 Å². The molecule has 0 radical (unpaired) electrons. The van der Waals surface area contributed by atoms with E-state index in [4.69, 9.17) is 32.0 Å². The molecule has 2 aromatic heterocycles. The SMILES string of the molecule is COC(=O)c1ccc(CN2C(=O)N/C(=C\c3ccc(-c4ccc(Cl)c(Cl)c4)o3)C2=O)o1. The summed E-state index contributed by atoms with van der Waals surface area (Å²) in [4.78, 5) is 37.3. The normalized spacial score (nSPS) is 14.9. The van der Waals surface area contributed by atoms with E-state index < -0.39 is 17.9 Å². The number of rotatable bonds is 5. The third-order valence-corrected chi connectivity index (χ3v) is 5.18. The number of halogens is 2. The number of amides is 3. The lowest BCUT2D eigenvalue weighted by Gasteiger charge is -2.09. The van der Waals surface area contributed by atoms with Gasteiger partial charge < -0.3 is 18.9 Å². The van der Waals surface area contributed by atoms with E-state index in [1.165, 1.54) is 25.3 Å². The Bertz CT molecular complexity index is 1230. The van der Waals surface area contributed by atoms with Crippen LogP contribution in [0.15, 0.2) is 57.0 Å². The molecule has 8 nitrogen and oxygen atoms in total. The highest BCUT2D eigenvalue weighted by Crippen LogP contribution is 2.30. The maximum atomic E-state index is 12.6. The van der Waals surface area contributed by atoms with Gasteiger partial charge >= 0.3 is 12.0 Å². The number of esters is 1. The Kier molecular flexibility index (Phi) is 5.58. The molecule has 1 fully saturated rings. The maximum absolute atomic E-state index is 12.6. The molecule has 3 aromatic rings. The van der Waals surface area contributed by atoms with Crippen LogP contribution in [-0.2, 0) is 16.1 Å². The van der Waals surface area contributed by atoms with Gasteiger partial charge in [-0.15, -0.1) is 0 Å². The van der Waals surface area contributed by atoms with Crippen LogP contribution in [-0.4, -0.2) is 29.9 Å². The first-order chi connectivity index (χ1) is 14.9. The Morgan fingerprint density at radius 2 is 1.90 bits per heavy atom. The minimum atomic E-state index is -0.653. The number of imide groups is 1. The summed E-state index contributed by atoms with van der Waals surface area (Å²) in [5, 5.41) is 3.31. The Balaban J connectivity index is 1.51. The molecule has 0 saturated carbocycles. The van der Waals surface area contributed by atoms with Crippen LogP contribution in [0.5, 0.6) is 0 Å². The summed E-state index contributed by atoms with van der Waals surface area (Å²) in [6, 6.07) is 10.7. The van der Waals surface area contributed by atoms with E-state index in [1.807, 2.05) is 0 Å². The van der Waals surface area contributed by atoms with Gasteiger partial charge in [-0.3, -0.25) is 9.69 Å². The summed E-state index contributed by atoms with van der Waals surface area (Å²) < 4.78 is 15.6. The smallest absolute Gasteiger partial charge is 0.373 e. The number of carbonyl (C=O) groups is 3. The quantitative estimate of drug-likeness (QED) is 0.335. The van der Waals surface area contributed by atoms with Crippen molar-refractivity contribution in [3.63, 3.8) is 0 Å². The first-order valence-corrected chi connectivity index (χ1v) is 9.68. The predicted octanol–water partition coefficient (Wildman–Crippen LogP) is 4.73. The molecule has 1 aromatic carbocycles. The number of nitrogens with one attached hydrogen (secondary N) is 1. The summed E-state index contributed by atoms with van der Waals surface area (Å²) in [6.07, 6.45) is 1.42. The van der Waals surface area contributed by atoms with Crippen molar-refractivity contribution in [3.05, 3.63) is 75.5 Å². The number of furan rings is 2. The number of nitrogens with zero attached hydrogens (tertiary/aromatic N) is 1. The van der Waals surface area contributed by atoms with Crippen molar-refractivity contribution >= 4 is 47.2 Å². The van der Waals surface area contributed by atoms with E-state index in [9.17, 15) is 14.4 Å². The average molecular weight is 461 g/mol. The summed E-state index contributed by atoms with van der Waals surface area (Å²) in [7, 11) is 1.22. The van der Waals surface area contributed by atoms with Crippen LogP contribution in [0.25, 0.3) is 17.4 Å². The maximum Gasteiger partial charge on any atom is 0.373 e. The number of ether oxygens (including phenoxy) is 1. The van der Waals surface area contributed by atoms with Gasteiger partial charge in [-0.05, 0) is 42.5 Å². The van der Waals surface area contributed by atoms with E-state index in [2.05, 4.69) is 10.1 Å². The number of benzene rings is 1. The van der Waals surface area contributed by atoms with Crippen LogP contribution < -0.4 is 5.32 Å². The van der Waals surface area contributed by atoms with Crippen molar-refractivity contribution in [1.29, 1.82) is 0 Å². The average Bonchev–Trinajstić information content (AvgIpc) is 3.47. The Labute approximate surface area is 186 Å². The van der Waals surface area contributed by atoms with Crippen molar-refractivity contribution in [2.24, 2.45) is 0 Å². The van der Waals surface area contributed by atoms with Gasteiger partial charge in [-0.1, -0.05) is 23.2 Å². The molecule has 31 heavy (non-hydrogen) atoms. The van der Waals surface area contributed by atoms with E-state index >= 15 is 0 Å². The van der Waals surface area contributed by atoms with Gasteiger partial charge in [-0.25, -0.2) is 9.59 Å². The number of hydrogen-bond acceptors (Lipinski definition) is 6. The monoisotopic (exact) mass is 460 g/mol. The third-order valence-electron chi connectivity index (χ3n) is 4.44. The standard InChI is InChI=1S/C21H14Cl2N2O6/c1-29-20(27)18-7-4-13(31-18)10-25-19(26)16(24-21(25)28)9-12-3-6-17(30-12)11-2-5-14(22)15(23)8-11/h2-9H,10H2,1H3,(H,24,28)/b16-9-. The number of methoxy groups -OCH3 is 1. The van der Waals surface area contributed by atoms with Gasteiger partial charge in [0.25, 0.3) is 5.91 Å². The van der Waals surface area contributed by atoms with E-state index in [1.54, 1.807) is 30.3 Å². The van der Waals surface area contributed by atoms with Crippen LogP contribution in [0.4, 0.5) is 4.79 Å². The fraction of sp³-hybridized carbons (Fsp3) is 0.0952. The first kappa shape index (κ1) is 20.8. The molecule has 4 rings (SSSR count). The zero-order valence-corrected chi connectivity index (χ0v) is 17.5. The topological polar surface area (TPSA) is 102 Å². The molecule has 0 spiro atoms. The van der Waals surface area contributed by atoms with Gasteiger partial charge in [0.15, 0.2) is 0 Å². The Hall–Kier alpha value is -3.49. The molecule has 3 amide bonds. The number of carbonyl (C=O) groups excluding carboxylic acids is 3. The molecule has 158 valence electrons. The van der Waals surface area contributed by atoms with Gasteiger partial charge in [0, 0.05) is 11.6 Å². The minimum absolute atomic E-state index is 0.0225. The van der Waals surface area contributed by atoms with Crippen molar-refractivity contribution in [2.45, 2.75) is 6.54 Å². The zero-order valence-electron chi connectivity index (χ0n) is 16.0. The largest absolute Gasteiger partial charge is 0.463 e. The van der Waals surface area contributed by atoms with Gasteiger partial charge in [0.05, 0.1) is 23.7 Å². The van der Waals surface area contributed by atoms with Gasteiger partial charge in [0.2, 0.25) is 5.76 Å². The van der Waals surface area contributed by atoms with Crippen molar-refractivity contribution < 1.29 is 28.0 Å². The minimum Gasteiger partial charge on any atom is -0.463 e. The summed E-state index contributed by atoms with van der Waals surface area (Å²) >= 11 is 12.0. The van der Waals surface area contributed by atoms with Crippen LogP contribution in [0, 0.1) is 0 Å². The highest BCUT2D eigenvalue weighted by Gasteiger charge is 2.34. The molecule has 0 atom stereocenters. The van der Waals surface area contributed by atoms with E-state index in [0.29, 0.717) is 27.1 Å². The van der Waals surface area contributed by atoms with Crippen molar-refractivity contribution in [3.8, 4) is 11.3 Å². The van der Waals surface area contributed by atoms with E-state index in [-0.39, 0.29) is 23.8 Å². The second kappa shape index (κ2) is 8.33. The molecule has 1 N–H and O–H groups in total. The molecule has 0 bridgehead atoms. The lowest BCUT2D eigenvalue weighted by atomic mass is 10.2. The van der Waals surface area contributed by atoms with Crippen LogP contribution in [0.3, 0.4) is 0 Å². The Morgan fingerprint density at radius 1 is 1.10 bits per heavy atom. The molecule has 3 heterocycles. The molecule has 0 aliphatic carbocycles. The Morgan fingerprint density at radius 3 is 2.65 bits per heavy atom. The fourth-order valence-corrected chi connectivity index (χ4v) is 3.22. The number of urea groups is 1. The lowest BCUT2D eigenvalue weighted by Crippen LogP contribution is -2.30. The predicted molar refractivity (Wildman–Crippen MR) is 111 cm³/mol. The summed E-state index contributed by atoms with van der Waals surface area (Å²) in [5.74, 6) is -0.105. The molecular weight excluding hydrogens is 447 g/mol. The summed E-state index contributed by atoms with van der Waals surface area (Å²) in [6.45, 7) is -0.147. The fourth-order valence-electron chi connectivity index (χ4n) is 2.92. The van der Waals surface area contributed by atoms with Crippen LogP contribution >= 0.6 is 23.2 Å². The molecule has 0 unspecified atom stereocenters. The van der Waals surface area contributed by atoms with E-state index in [0.717, 1.165) is 4.90 Å². The molecule has 10 heteroatoms. The summed E-state index contributed by atoms with van der Waals surface area (Å²) in [5.41, 5.74) is 0.751.